The Labute approximate surface area is 140 Å². The number of hydrogen-bond acceptors (Lipinski definition) is 1. The minimum atomic E-state index is 0.424. The highest BCUT2D eigenvalue weighted by atomic mass is 16.5. The van der Waals surface area contributed by atoms with Crippen molar-refractivity contribution in [2.75, 3.05) is 13.2 Å². The first-order valence-electron chi connectivity index (χ1n) is 8.28. The van der Waals surface area contributed by atoms with Crippen molar-refractivity contribution in [2.24, 2.45) is 0 Å². The number of rotatable bonds is 8. The molecule has 0 heterocycles. The molecule has 0 aliphatic heterocycles. The van der Waals surface area contributed by atoms with Crippen molar-refractivity contribution >= 4 is 0 Å². The van der Waals surface area contributed by atoms with Crippen molar-refractivity contribution in [1.29, 1.82) is 0 Å². The predicted molar refractivity (Wildman–Crippen MR) is 98.8 cm³/mol. The van der Waals surface area contributed by atoms with Crippen molar-refractivity contribution < 1.29 is 4.74 Å². The van der Waals surface area contributed by atoms with Gasteiger partial charge in [-0.3, -0.25) is 0 Å². The van der Waals surface area contributed by atoms with Crippen molar-refractivity contribution in [1.82, 2.24) is 0 Å². The summed E-state index contributed by atoms with van der Waals surface area (Å²) >= 11 is 0. The molecule has 0 amide bonds. The van der Waals surface area contributed by atoms with Crippen LogP contribution in [0.4, 0.5) is 0 Å². The van der Waals surface area contributed by atoms with Gasteiger partial charge in [0.15, 0.2) is 0 Å². The maximum atomic E-state index is 5.63. The molecule has 2 rings (SSSR count). The summed E-state index contributed by atoms with van der Waals surface area (Å²) in [6, 6.07) is 21.0. The molecule has 120 valence electrons. The van der Waals surface area contributed by atoms with Crippen molar-refractivity contribution in [3.63, 3.8) is 0 Å². The molecule has 1 heteroatoms. The van der Waals surface area contributed by atoms with Gasteiger partial charge in [-0.25, -0.2) is 0 Å². The fourth-order valence-electron chi connectivity index (χ4n) is 2.46. The molecule has 2 atom stereocenters. The topological polar surface area (TPSA) is 9.23 Å². The van der Waals surface area contributed by atoms with Crippen LogP contribution in [0.1, 0.15) is 36.8 Å². The molecule has 0 aliphatic carbocycles. The van der Waals surface area contributed by atoms with E-state index in [1.807, 2.05) is 12.1 Å². The third-order valence-corrected chi connectivity index (χ3v) is 3.93. The first-order chi connectivity index (χ1) is 11.3. The van der Waals surface area contributed by atoms with E-state index < -0.39 is 0 Å². The van der Waals surface area contributed by atoms with Crippen LogP contribution in [-0.2, 0) is 4.74 Å². The summed E-state index contributed by atoms with van der Waals surface area (Å²) in [6.45, 7) is 5.71. The Hall–Kier alpha value is -2.12. The monoisotopic (exact) mass is 306 g/mol. The Morgan fingerprint density at radius 3 is 1.48 bits per heavy atom. The minimum absolute atomic E-state index is 0.424. The Balaban J connectivity index is 1.66. The van der Waals surface area contributed by atoms with Gasteiger partial charge in [-0.1, -0.05) is 98.8 Å². The molecule has 1 nitrogen and oxygen atoms in total. The average molecular weight is 306 g/mol. The third-order valence-electron chi connectivity index (χ3n) is 3.93. The van der Waals surface area contributed by atoms with Gasteiger partial charge in [-0.15, -0.1) is 0 Å². The molecule has 0 N–H and O–H groups in total. The van der Waals surface area contributed by atoms with E-state index >= 15 is 0 Å². The summed E-state index contributed by atoms with van der Waals surface area (Å²) in [5.41, 5.74) is 2.67. The second kappa shape index (κ2) is 9.81. The van der Waals surface area contributed by atoms with Crippen LogP contribution in [0.3, 0.4) is 0 Å². The standard InChI is InChI=1S/C22H26O/c1-19(21-13-5-3-6-14-21)11-9-17-23-18-10-12-20(2)22-15-7-4-8-16-22/h3-16,19-20H,17-18H2,1-2H3. The SMILES string of the molecule is CC(C=CCOCC=CC(C)c1ccccc1)c1ccccc1. The van der Waals surface area contributed by atoms with Gasteiger partial charge in [0.25, 0.3) is 0 Å². The van der Waals surface area contributed by atoms with Crippen LogP contribution in [0, 0.1) is 0 Å². The number of benzene rings is 2. The lowest BCUT2D eigenvalue weighted by molar-refractivity contribution is 0.193. The van der Waals surface area contributed by atoms with Gasteiger partial charge in [-0.2, -0.15) is 0 Å². The summed E-state index contributed by atoms with van der Waals surface area (Å²) in [4.78, 5) is 0. The predicted octanol–water partition coefficient (Wildman–Crippen LogP) is 5.72. The Kier molecular flexibility index (Phi) is 7.35. The first-order valence-corrected chi connectivity index (χ1v) is 8.28. The van der Waals surface area contributed by atoms with Crippen molar-refractivity contribution in [3.8, 4) is 0 Å². The van der Waals surface area contributed by atoms with Crippen LogP contribution in [-0.4, -0.2) is 13.2 Å². The molecule has 0 bridgehead atoms. The van der Waals surface area contributed by atoms with E-state index in [-0.39, 0.29) is 0 Å². The smallest absolute Gasteiger partial charge is 0.0651 e. The summed E-state index contributed by atoms with van der Waals surface area (Å²) in [6.07, 6.45) is 8.61. The second-order valence-corrected chi connectivity index (χ2v) is 5.79. The van der Waals surface area contributed by atoms with Gasteiger partial charge in [0.05, 0.1) is 13.2 Å². The van der Waals surface area contributed by atoms with Gasteiger partial charge in [0.2, 0.25) is 0 Å². The molecule has 2 aromatic carbocycles. The zero-order valence-electron chi connectivity index (χ0n) is 14.1. The Morgan fingerprint density at radius 2 is 1.09 bits per heavy atom. The zero-order valence-corrected chi connectivity index (χ0v) is 14.1. The van der Waals surface area contributed by atoms with Crippen LogP contribution in [0.15, 0.2) is 85.0 Å². The fraction of sp³-hybridized carbons (Fsp3) is 0.273. The molecule has 2 unspecified atom stereocenters. The van der Waals surface area contributed by atoms with Gasteiger partial charge in [0.1, 0.15) is 0 Å². The summed E-state index contributed by atoms with van der Waals surface area (Å²) in [5, 5.41) is 0. The largest absolute Gasteiger partial charge is 0.373 e. The lowest BCUT2D eigenvalue weighted by atomic mass is 10.0. The summed E-state index contributed by atoms with van der Waals surface area (Å²) in [5.74, 6) is 0.849. The molecule has 23 heavy (non-hydrogen) atoms. The number of ether oxygens (including phenoxy) is 1. The molecule has 0 spiro atoms. The van der Waals surface area contributed by atoms with Gasteiger partial charge in [0, 0.05) is 0 Å². The van der Waals surface area contributed by atoms with E-state index in [1.54, 1.807) is 0 Å². The molecule has 0 radical (unpaired) electrons. The maximum Gasteiger partial charge on any atom is 0.0651 e. The maximum absolute atomic E-state index is 5.63. The highest BCUT2D eigenvalue weighted by Crippen LogP contribution is 2.16. The third kappa shape index (κ3) is 6.25. The summed E-state index contributed by atoms with van der Waals surface area (Å²) in [7, 11) is 0. The minimum Gasteiger partial charge on any atom is -0.373 e. The van der Waals surface area contributed by atoms with E-state index in [4.69, 9.17) is 4.74 Å². The Morgan fingerprint density at radius 1 is 0.696 bits per heavy atom. The fourth-order valence-corrected chi connectivity index (χ4v) is 2.46. The first kappa shape index (κ1) is 17.2. The normalized spacial score (nSPS) is 14.3. The van der Waals surface area contributed by atoms with Gasteiger partial charge in [-0.05, 0) is 23.0 Å². The highest BCUT2D eigenvalue weighted by Gasteiger charge is 1.99. The van der Waals surface area contributed by atoms with Crippen LogP contribution in [0.2, 0.25) is 0 Å². The van der Waals surface area contributed by atoms with E-state index in [0.717, 1.165) is 0 Å². The second-order valence-electron chi connectivity index (χ2n) is 5.79. The zero-order chi connectivity index (χ0) is 16.3. The lowest BCUT2D eigenvalue weighted by Gasteiger charge is -2.06. The molecular formula is C22H26O. The summed E-state index contributed by atoms with van der Waals surface area (Å²) < 4.78 is 5.63. The average Bonchev–Trinajstić information content (AvgIpc) is 2.62. The van der Waals surface area contributed by atoms with Crippen LogP contribution >= 0.6 is 0 Å². The van der Waals surface area contributed by atoms with Gasteiger partial charge < -0.3 is 4.74 Å². The van der Waals surface area contributed by atoms with E-state index in [0.29, 0.717) is 25.0 Å². The van der Waals surface area contributed by atoms with E-state index in [1.165, 1.54) is 11.1 Å². The number of hydrogen-bond donors (Lipinski definition) is 0. The molecular weight excluding hydrogens is 280 g/mol. The quantitative estimate of drug-likeness (QED) is 0.447. The molecule has 0 aromatic heterocycles. The van der Waals surface area contributed by atoms with Crippen LogP contribution in [0.5, 0.6) is 0 Å². The highest BCUT2D eigenvalue weighted by molar-refractivity contribution is 5.23. The molecule has 0 saturated heterocycles. The van der Waals surface area contributed by atoms with E-state index in [2.05, 4.69) is 86.7 Å². The molecule has 0 saturated carbocycles. The van der Waals surface area contributed by atoms with Crippen molar-refractivity contribution in [2.45, 2.75) is 25.7 Å². The number of allylic oxidation sites excluding steroid dienone is 2. The van der Waals surface area contributed by atoms with E-state index in [9.17, 15) is 0 Å². The molecule has 0 aliphatic rings. The molecule has 2 aromatic rings. The lowest BCUT2D eigenvalue weighted by Crippen LogP contribution is -1.94. The van der Waals surface area contributed by atoms with Crippen molar-refractivity contribution in [3.05, 3.63) is 96.1 Å². The Bertz CT molecular complexity index is 543. The van der Waals surface area contributed by atoms with Crippen LogP contribution < -0.4 is 0 Å². The van der Waals surface area contributed by atoms with Gasteiger partial charge >= 0.3 is 0 Å². The van der Waals surface area contributed by atoms with Crippen LogP contribution in [0.25, 0.3) is 0 Å². The molecule has 0 fully saturated rings.